The number of nitrogens with zero attached hydrogens (tertiary/aromatic N) is 1. The van der Waals surface area contributed by atoms with E-state index in [4.69, 9.17) is 15.3 Å². The summed E-state index contributed by atoms with van der Waals surface area (Å²) in [5.74, 6) is 0.795. The molecule has 0 bridgehead atoms. The molecule has 1 heterocycles. The number of benzene rings is 1. The fourth-order valence-electron chi connectivity index (χ4n) is 1.74. The minimum atomic E-state index is -0.812. The monoisotopic (exact) mass is 342 g/mol. The number of nitrogens with two attached hydrogens (primary N) is 1. The lowest BCUT2D eigenvalue weighted by molar-refractivity contribution is 0.0673. The summed E-state index contributed by atoms with van der Waals surface area (Å²) >= 11 is 3.41. The number of carbonyl (C=O) groups is 1. The van der Waals surface area contributed by atoms with Gasteiger partial charge in [-0.25, -0.2) is 4.79 Å². The van der Waals surface area contributed by atoms with E-state index in [-0.39, 0.29) is 12.7 Å². The highest BCUT2D eigenvalue weighted by Crippen LogP contribution is 2.24. The van der Waals surface area contributed by atoms with Gasteiger partial charge in [-0.1, -0.05) is 17.3 Å². The lowest BCUT2D eigenvalue weighted by atomic mass is 10.1. The molecule has 1 unspecified atom stereocenters. The Labute approximate surface area is 125 Å². The van der Waals surface area contributed by atoms with E-state index < -0.39 is 6.09 Å². The van der Waals surface area contributed by atoms with E-state index in [0.717, 1.165) is 10.2 Å². The van der Waals surface area contributed by atoms with Crippen LogP contribution in [0.1, 0.15) is 12.8 Å². The van der Waals surface area contributed by atoms with Crippen molar-refractivity contribution in [1.29, 1.82) is 0 Å². The first-order chi connectivity index (χ1) is 9.65. The Morgan fingerprint density at radius 3 is 3.05 bits per heavy atom. The number of carbonyl (C=O) groups excluding carboxylic acids is 1. The molecule has 2 N–H and O–H groups in total. The van der Waals surface area contributed by atoms with E-state index in [0.29, 0.717) is 25.2 Å². The van der Waals surface area contributed by atoms with Gasteiger partial charge in [0.1, 0.15) is 18.5 Å². The minimum Gasteiger partial charge on any atom is -0.492 e. The molecule has 0 aliphatic carbocycles. The molecule has 2 rings (SSSR count). The Balaban J connectivity index is 1.67. The molecule has 108 valence electrons. The topological polar surface area (TPSA) is 83.1 Å². The number of primary amides is 1. The summed E-state index contributed by atoms with van der Waals surface area (Å²) in [5, 5.41) is 3.85. The van der Waals surface area contributed by atoms with Gasteiger partial charge >= 0.3 is 6.09 Å². The fourth-order valence-corrected chi connectivity index (χ4v) is 2.14. The lowest BCUT2D eigenvalue weighted by Gasteiger charge is -2.10. The predicted octanol–water partition coefficient (Wildman–Crippen LogP) is 2.46. The number of rotatable bonds is 6. The van der Waals surface area contributed by atoms with Crippen LogP contribution in [0.3, 0.4) is 0 Å². The van der Waals surface area contributed by atoms with Crippen molar-refractivity contribution in [2.75, 3.05) is 13.2 Å². The molecule has 1 aromatic carbocycles. The average molecular weight is 343 g/mol. The summed E-state index contributed by atoms with van der Waals surface area (Å²) in [6, 6.07) is 7.65. The zero-order chi connectivity index (χ0) is 14.4. The van der Waals surface area contributed by atoms with E-state index in [1.165, 1.54) is 0 Å². The van der Waals surface area contributed by atoms with Gasteiger partial charge in [0.2, 0.25) is 0 Å². The molecule has 1 atom stereocenters. The predicted molar refractivity (Wildman–Crippen MR) is 76.7 cm³/mol. The molecule has 0 fully saturated rings. The van der Waals surface area contributed by atoms with Gasteiger partial charge in [0.25, 0.3) is 0 Å². The first-order valence-electron chi connectivity index (χ1n) is 6.16. The highest BCUT2D eigenvalue weighted by Gasteiger charge is 2.21. The maximum atomic E-state index is 10.5. The molecule has 1 aliphatic rings. The van der Waals surface area contributed by atoms with Crippen LogP contribution in [-0.4, -0.2) is 31.1 Å². The third-order valence-electron chi connectivity index (χ3n) is 2.71. The van der Waals surface area contributed by atoms with Crippen molar-refractivity contribution in [2.24, 2.45) is 10.9 Å². The van der Waals surface area contributed by atoms with Crippen molar-refractivity contribution >= 4 is 27.7 Å². The molecular weight excluding hydrogens is 328 g/mol. The Bertz CT molecular complexity index is 507. The van der Waals surface area contributed by atoms with Crippen LogP contribution in [-0.2, 0) is 9.57 Å². The SMILES string of the molecule is NC(=O)OCC1=NOC(CCOc2ccccc2Br)C1. The summed E-state index contributed by atoms with van der Waals surface area (Å²) in [4.78, 5) is 15.7. The van der Waals surface area contributed by atoms with Crippen LogP contribution in [0.15, 0.2) is 33.9 Å². The zero-order valence-corrected chi connectivity index (χ0v) is 12.3. The molecule has 0 radical (unpaired) electrons. The van der Waals surface area contributed by atoms with Crippen LogP contribution in [0.5, 0.6) is 5.75 Å². The average Bonchev–Trinajstić information content (AvgIpc) is 2.87. The van der Waals surface area contributed by atoms with Gasteiger partial charge in [0.15, 0.2) is 0 Å². The Kier molecular flexibility index (Phi) is 5.23. The molecule has 7 heteroatoms. The number of halogens is 1. The zero-order valence-electron chi connectivity index (χ0n) is 10.8. The molecule has 1 aliphatic heterocycles. The van der Waals surface area contributed by atoms with Crippen LogP contribution in [0, 0.1) is 0 Å². The summed E-state index contributed by atoms with van der Waals surface area (Å²) < 4.78 is 11.2. The van der Waals surface area contributed by atoms with Crippen LogP contribution in [0.25, 0.3) is 0 Å². The molecule has 0 spiro atoms. The number of ether oxygens (including phenoxy) is 2. The number of amides is 1. The first kappa shape index (κ1) is 14.6. The van der Waals surface area contributed by atoms with Gasteiger partial charge in [-0.05, 0) is 28.1 Å². The second-order valence-electron chi connectivity index (χ2n) is 4.26. The van der Waals surface area contributed by atoms with Gasteiger partial charge < -0.3 is 20.0 Å². The molecule has 6 nitrogen and oxygen atoms in total. The van der Waals surface area contributed by atoms with Gasteiger partial charge in [-0.2, -0.15) is 0 Å². The van der Waals surface area contributed by atoms with Crippen molar-refractivity contribution in [3.8, 4) is 5.75 Å². The summed E-state index contributed by atoms with van der Waals surface area (Å²) in [6.45, 7) is 0.601. The van der Waals surface area contributed by atoms with Crippen molar-refractivity contribution in [3.63, 3.8) is 0 Å². The number of para-hydroxylation sites is 1. The largest absolute Gasteiger partial charge is 0.492 e. The normalized spacial score (nSPS) is 17.2. The van der Waals surface area contributed by atoms with E-state index in [2.05, 4.69) is 25.8 Å². The number of oxime groups is 1. The van der Waals surface area contributed by atoms with Crippen LogP contribution in [0.2, 0.25) is 0 Å². The second-order valence-corrected chi connectivity index (χ2v) is 5.12. The standard InChI is InChI=1S/C13H15BrN2O4/c14-11-3-1-2-4-12(11)18-6-5-10-7-9(16-20-10)8-19-13(15)17/h1-4,10H,5-8H2,(H2,15,17). The molecule has 0 aromatic heterocycles. The molecule has 20 heavy (non-hydrogen) atoms. The smallest absolute Gasteiger partial charge is 0.404 e. The van der Waals surface area contributed by atoms with Crippen LogP contribution >= 0.6 is 15.9 Å². The molecule has 1 amide bonds. The molecule has 0 saturated heterocycles. The highest BCUT2D eigenvalue weighted by molar-refractivity contribution is 9.10. The van der Waals surface area contributed by atoms with Crippen LogP contribution < -0.4 is 10.5 Å². The quantitative estimate of drug-likeness (QED) is 0.860. The van der Waals surface area contributed by atoms with E-state index in [9.17, 15) is 4.79 Å². The molecule has 1 aromatic rings. The fraction of sp³-hybridized carbons (Fsp3) is 0.385. The van der Waals surface area contributed by atoms with Crippen molar-refractivity contribution in [1.82, 2.24) is 0 Å². The Morgan fingerprint density at radius 2 is 2.30 bits per heavy atom. The van der Waals surface area contributed by atoms with E-state index in [1.807, 2.05) is 24.3 Å². The van der Waals surface area contributed by atoms with Crippen molar-refractivity contribution in [2.45, 2.75) is 18.9 Å². The Morgan fingerprint density at radius 1 is 1.50 bits per heavy atom. The van der Waals surface area contributed by atoms with Gasteiger partial charge in [-0.3, -0.25) is 0 Å². The van der Waals surface area contributed by atoms with Gasteiger partial charge in [0.05, 0.1) is 16.8 Å². The molecular formula is C13H15BrN2O4. The summed E-state index contributed by atoms with van der Waals surface area (Å²) in [7, 11) is 0. The summed E-state index contributed by atoms with van der Waals surface area (Å²) in [5.41, 5.74) is 5.56. The Hall–Kier alpha value is -1.76. The summed E-state index contributed by atoms with van der Waals surface area (Å²) in [6.07, 6.45) is 0.453. The third-order valence-corrected chi connectivity index (χ3v) is 3.36. The number of hydrogen-bond acceptors (Lipinski definition) is 5. The van der Waals surface area contributed by atoms with Crippen LogP contribution in [0.4, 0.5) is 4.79 Å². The van der Waals surface area contributed by atoms with Crippen molar-refractivity contribution in [3.05, 3.63) is 28.7 Å². The molecule has 0 saturated carbocycles. The van der Waals surface area contributed by atoms with Gasteiger partial charge in [0, 0.05) is 12.8 Å². The van der Waals surface area contributed by atoms with E-state index >= 15 is 0 Å². The van der Waals surface area contributed by atoms with Crippen molar-refractivity contribution < 1.29 is 19.1 Å². The number of hydrogen-bond donors (Lipinski definition) is 1. The highest BCUT2D eigenvalue weighted by atomic mass is 79.9. The third kappa shape index (κ3) is 4.41. The lowest BCUT2D eigenvalue weighted by Crippen LogP contribution is -2.19. The maximum absolute atomic E-state index is 10.5. The second kappa shape index (κ2) is 7.14. The maximum Gasteiger partial charge on any atom is 0.404 e. The van der Waals surface area contributed by atoms with E-state index in [1.54, 1.807) is 0 Å². The van der Waals surface area contributed by atoms with Gasteiger partial charge in [-0.15, -0.1) is 0 Å². The minimum absolute atomic E-state index is 0.0519. The first-order valence-corrected chi connectivity index (χ1v) is 6.95.